The van der Waals surface area contributed by atoms with Crippen molar-refractivity contribution in [2.24, 2.45) is 5.73 Å². The van der Waals surface area contributed by atoms with Crippen LogP contribution in [0.1, 0.15) is 206 Å². The first-order valence-corrected chi connectivity index (χ1v) is 24.0. The SMILES string of the molecule is CCCCC/C=C\C/C=C\C/C=C\CCCCCCC(=O)OC[C@H](COP(=O)(O)OCCN)OC(=O)CCCCCCCCCCCCCCCCCCC. The van der Waals surface area contributed by atoms with Crippen LogP contribution >= 0.6 is 7.82 Å². The first-order chi connectivity index (χ1) is 26.8. The lowest BCUT2D eigenvalue weighted by Gasteiger charge is -2.19. The molecule has 0 amide bonds. The van der Waals surface area contributed by atoms with Gasteiger partial charge in [0.1, 0.15) is 6.61 Å². The molecule has 0 heterocycles. The van der Waals surface area contributed by atoms with Crippen molar-refractivity contribution in [2.75, 3.05) is 26.4 Å². The average molecular weight is 798 g/mol. The Hall–Kier alpha value is -1.77. The monoisotopic (exact) mass is 798 g/mol. The van der Waals surface area contributed by atoms with Crippen LogP contribution in [0, 0.1) is 0 Å². The Morgan fingerprint density at radius 2 is 0.945 bits per heavy atom. The third-order valence-corrected chi connectivity index (χ3v) is 10.5. The molecule has 0 aromatic heterocycles. The fourth-order valence-electron chi connectivity index (χ4n) is 6.17. The molecule has 2 atom stereocenters. The van der Waals surface area contributed by atoms with Crippen LogP contribution in [0.3, 0.4) is 0 Å². The minimum atomic E-state index is -4.38. The number of nitrogens with two attached hydrogens (primary N) is 1. The maximum absolute atomic E-state index is 12.6. The van der Waals surface area contributed by atoms with E-state index in [0.29, 0.717) is 12.8 Å². The Balaban J connectivity index is 4.16. The standard InChI is InChI=1S/C45H84NO8P/c1-3-5-7-9-11-13-15-17-19-21-23-25-27-29-31-33-35-37-44(47)51-41-43(42-53-55(49,50)52-40-39-46)54-45(48)38-36-34-32-30-28-26-24-22-20-18-16-14-12-10-8-6-4-2/h11,13,17,19,23,25,43H,3-10,12,14-16,18,20-22,24,26-42,46H2,1-2H3,(H,49,50)/b13-11-,19-17-,25-23-/t43-/m1/s1. The second kappa shape index (κ2) is 41.9. The molecule has 10 heteroatoms. The molecule has 0 aliphatic rings. The van der Waals surface area contributed by atoms with Gasteiger partial charge in [-0.2, -0.15) is 0 Å². The van der Waals surface area contributed by atoms with Gasteiger partial charge in [-0.3, -0.25) is 18.6 Å². The van der Waals surface area contributed by atoms with Crippen molar-refractivity contribution < 1.29 is 37.6 Å². The predicted molar refractivity (Wildman–Crippen MR) is 229 cm³/mol. The second-order valence-corrected chi connectivity index (χ2v) is 16.4. The molecule has 3 N–H and O–H groups in total. The highest BCUT2D eigenvalue weighted by molar-refractivity contribution is 7.47. The molecule has 0 saturated heterocycles. The molecule has 0 rings (SSSR count). The zero-order valence-electron chi connectivity index (χ0n) is 35.4. The molecule has 322 valence electrons. The molecular formula is C45H84NO8P. The lowest BCUT2D eigenvalue weighted by atomic mass is 10.0. The minimum absolute atomic E-state index is 0.0508. The molecule has 0 spiro atoms. The van der Waals surface area contributed by atoms with Crippen LogP contribution < -0.4 is 5.73 Å². The summed E-state index contributed by atoms with van der Waals surface area (Å²) in [4.78, 5) is 34.9. The number of carbonyl (C=O) groups is 2. The van der Waals surface area contributed by atoms with Gasteiger partial charge < -0.3 is 20.1 Å². The number of ether oxygens (including phenoxy) is 2. The van der Waals surface area contributed by atoms with Crippen molar-refractivity contribution in [3.8, 4) is 0 Å². The van der Waals surface area contributed by atoms with E-state index >= 15 is 0 Å². The molecule has 0 aliphatic heterocycles. The molecule has 0 aromatic carbocycles. The molecule has 1 unspecified atom stereocenters. The number of allylic oxidation sites excluding steroid dienone is 6. The van der Waals surface area contributed by atoms with Crippen LogP contribution in [0.5, 0.6) is 0 Å². The molecule has 9 nitrogen and oxygen atoms in total. The maximum Gasteiger partial charge on any atom is 0.472 e. The van der Waals surface area contributed by atoms with E-state index in [4.69, 9.17) is 24.3 Å². The third kappa shape index (κ3) is 41.7. The minimum Gasteiger partial charge on any atom is -0.462 e. The zero-order chi connectivity index (χ0) is 40.3. The quantitative estimate of drug-likeness (QED) is 0.0268. The molecule has 0 radical (unpaired) electrons. The Morgan fingerprint density at radius 3 is 1.44 bits per heavy atom. The Kier molecular flexibility index (Phi) is 40.5. The van der Waals surface area contributed by atoms with Crippen molar-refractivity contribution in [2.45, 2.75) is 213 Å². The van der Waals surface area contributed by atoms with Gasteiger partial charge >= 0.3 is 19.8 Å². The van der Waals surface area contributed by atoms with E-state index in [-0.39, 0.29) is 32.6 Å². The van der Waals surface area contributed by atoms with E-state index in [1.807, 2.05) is 0 Å². The Bertz CT molecular complexity index is 1000. The summed E-state index contributed by atoms with van der Waals surface area (Å²) in [5.41, 5.74) is 5.35. The fraction of sp³-hybridized carbons (Fsp3) is 0.822. The number of rotatable bonds is 42. The Morgan fingerprint density at radius 1 is 0.545 bits per heavy atom. The van der Waals surface area contributed by atoms with Crippen molar-refractivity contribution in [1.29, 1.82) is 0 Å². The highest BCUT2D eigenvalue weighted by Crippen LogP contribution is 2.43. The summed E-state index contributed by atoms with van der Waals surface area (Å²) in [6.45, 7) is 3.70. The van der Waals surface area contributed by atoms with Crippen LogP contribution in [0.25, 0.3) is 0 Å². The fourth-order valence-corrected chi connectivity index (χ4v) is 6.94. The molecule has 0 fully saturated rings. The lowest BCUT2D eigenvalue weighted by Crippen LogP contribution is -2.29. The lowest BCUT2D eigenvalue weighted by molar-refractivity contribution is -0.161. The molecule has 0 aliphatic carbocycles. The predicted octanol–water partition coefficient (Wildman–Crippen LogP) is 12.9. The number of unbranched alkanes of at least 4 members (excludes halogenated alkanes) is 23. The van der Waals surface area contributed by atoms with Crippen molar-refractivity contribution in [3.05, 3.63) is 36.5 Å². The van der Waals surface area contributed by atoms with Gasteiger partial charge in [0, 0.05) is 19.4 Å². The number of hydrogen-bond acceptors (Lipinski definition) is 8. The van der Waals surface area contributed by atoms with Gasteiger partial charge in [-0.25, -0.2) is 4.57 Å². The van der Waals surface area contributed by atoms with Crippen LogP contribution in [-0.2, 0) is 32.7 Å². The van der Waals surface area contributed by atoms with Gasteiger partial charge in [-0.1, -0.05) is 179 Å². The Labute approximate surface area is 337 Å². The molecule has 0 bridgehead atoms. The number of hydrogen-bond donors (Lipinski definition) is 2. The maximum atomic E-state index is 12.6. The van der Waals surface area contributed by atoms with Crippen LogP contribution in [-0.4, -0.2) is 49.3 Å². The second-order valence-electron chi connectivity index (χ2n) is 14.9. The summed E-state index contributed by atoms with van der Waals surface area (Å²) < 4.78 is 32.8. The normalized spacial score (nSPS) is 13.6. The van der Waals surface area contributed by atoms with Gasteiger partial charge in [0.05, 0.1) is 13.2 Å². The van der Waals surface area contributed by atoms with E-state index in [1.54, 1.807) is 0 Å². The number of phosphoric ester groups is 1. The molecular weight excluding hydrogens is 713 g/mol. The van der Waals surface area contributed by atoms with Gasteiger partial charge in [0.2, 0.25) is 0 Å². The van der Waals surface area contributed by atoms with E-state index < -0.39 is 32.5 Å². The largest absolute Gasteiger partial charge is 0.472 e. The highest BCUT2D eigenvalue weighted by atomic mass is 31.2. The van der Waals surface area contributed by atoms with E-state index in [1.165, 1.54) is 116 Å². The molecule has 55 heavy (non-hydrogen) atoms. The van der Waals surface area contributed by atoms with Gasteiger partial charge in [-0.15, -0.1) is 0 Å². The topological polar surface area (TPSA) is 134 Å². The summed E-state index contributed by atoms with van der Waals surface area (Å²) in [5.74, 6) is -0.847. The van der Waals surface area contributed by atoms with Gasteiger partial charge in [0.15, 0.2) is 6.10 Å². The van der Waals surface area contributed by atoms with Crippen molar-refractivity contribution in [3.63, 3.8) is 0 Å². The van der Waals surface area contributed by atoms with Gasteiger partial charge in [0.25, 0.3) is 0 Å². The van der Waals surface area contributed by atoms with E-state index in [0.717, 1.165) is 51.4 Å². The molecule has 0 aromatic rings. The highest BCUT2D eigenvalue weighted by Gasteiger charge is 2.26. The number of carbonyl (C=O) groups excluding carboxylic acids is 2. The number of esters is 2. The van der Waals surface area contributed by atoms with Crippen LogP contribution in [0.4, 0.5) is 0 Å². The van der Waals surface area contributed by atoms with Gasteiger partial charge in [-0.05, 0) is 51.4 Å². The van der Waals surface area contributed by atoms with Crippen molar-refractivity contribution in [1.82, 2.24) is 0 Å². The van der Waals surface area contributed by atoms with E-state index in [9.17, 15) is 19.0 Å². The summed E-state index contributed by atoms with van der Waals surface area (Å²) in [6, 6.07) is 0. The summed E-state index contributed by atoms with van der Waals surface area (Å²) >= 11 is 0. The summed E-state index contributed by atoms with van der Waals surface area (Å²) in [5, 5.41) is 0. The summed E-state index contributed by atoms with van der Waals surface area (Å²) in [7, 11) is -4.38. The van der Waals surface area contributed by atoms with E-state index in [2.05, 4.69) is 50.3 Å². The van der Waals surface area contributed by atoms with Crippen LogP contribution in [0.2, 0.25) is 0 Å². The third-order valence-electron chi connectivity index (χ3n) is 9.53. The smallest absolute Gasteiger partial charge is 0.462 e. The zero-order valence-corrected chi connectivity index (χ0v) is 36.3. The molecule has 0 saturated carbocycles. The van der Waals surface area contributed by atoms with Crippen LogP contribution in [0.15, 0.2) is 36.5 Å². The average Bonchev–Trinajstić information content (AvgIpc) is 3.17. The summed E-state index contributed by atoms with van der Waals surface area (Å²) in [6.07, 6.45) is 46.0. The van der Waals surface area contributed by atoms with Crippen molar-refractivity contribution >= 4 is 19.8 Å². The first-order valence-electron chi connectivity index (χ1n) is 22.5. The number of phosphoric acid groups is 1. The first kappa shape index (κ1) is 53.2.